The summed E-state index contributed by atoms with van der Waals surface area (Å²) in [5, 5.41) is 8.64. The molecule has 2 fully saturated rings. The second-order valence-corrected chi connectivity index (χ2v) is 5.34. The summed E-state index contributed by atoms with van der Waals surface area (Å²) in [5.74, 6) is 0.241. The number of amides is 1. The molecule has 5 heteroatoms. The van der Waals surface area contributed by atoms with Crippen LogP contribution in [0, 0.1) is 11.3 Å². The SMILES string of the molecule is N#CCN1CCN(C(=O)CCC2CCCCO2)CC1. The van der Waals surface area contributed by atoms with Crippen LogP contribution in [0.5, 0.6) is 0 Å². The van der Waals surface area contributed by atoms with Gasteiger partial charge >= 0.3 is 0 Å². The van der Waals surface area contributed by atoms with Crippen molar-refractivity contribution >= 4 is 5.91 Å². The van der Waals surface area contributed by atoms with Gasteiger partial charge in [-0.2, -0.15) is 5.26 Å². The van der Waals surface area contributed by atoms with E-state index in [-0.39, 0.29) is 12.0 Å². The average molecular weight is 265 g/mol. The van der Waals surface area contributed by atoms with Crippen LogP contribution in [0.15, 0.2) is 0 Å². The quantitative estimate of drug-likeness (QED) is 0.712. The van der Waals surface area contributed by atoms with E-state index in [0.717, 1.165) is 52.0 Å². The average Bonchev–Trinajstić information content (AvgIpc) is 2.47. The third-order valence-electron chi connectivity index (χ3n) is 3.97. The van der Waals surface area contributed by atoms with Gasteiger partial charge in [0.15, 0.2) is 0 Å². The Bertz CT molecular complexity index is 326. The molecule has 0 radical (unpaired) electrons. The van der Waals surface area contributed by atoms with E-state index in [4.69, 9.17) is 10.00 Å². The molecule has 0 aliphatic carbocycles. The number of carbonyl (C=O) groups is 1. The van der Waals surface area contributed by atoms with Gasteiger partial charge in [-0.3, -0.25) is 9.69 Å². The normalized spacial score (nSPS) is 25.0. The summed E-state index contributed by atoms with van der Waals surface area (Å²) in [6, 6.07) is 2.16. The highest BCUT2D eigenvalue weighted by molar-refractivity contribution is 5.76. The molecule has 1 unspecified atom stereocenters. The largest absolute Gasteiger partial charge is 0.378 e. The molecule has 2 heterocycles. The van der Waals surface area contributed by atoms with E-state index in [0.29, 0.717) is 13.0 Å². The molecule has 0 saturated carbocycles. The van der Waals surface area contributed by atoms with Gasteiger partial charge < -0.3 is 9.64 Å². The molecule has 0 bridgehead atoms. The van der Waals surface area contributed by atoms with Gasteiger partial charge in [-0.05, 0) is 25.7 Å². The number of ether oxygens (including phenoxy) is 1. The Hall–Kier alpha value is -1.12. The van der Waals surface area contributed by atoms with Crippen molar-refractivity contribution in [1.82, 2.24) is 9.80 Å². The highest BCUT2D eigenvalue weighted by atomic mass is 16.5. The number of rotatable bonds is 4. The van der Waals surface area contributed by atoms with Gasteiger partial charge in [0.25, 0.3) is 0 Å². The molecule has 2 saturated heterocycles. The fourth-order valence-electron chi connectivity index (χ4n) is 2.73. The van der Waals surface area contributed by atoms with Gasteiger partial charge in [0.05, 0.1) is 18.7 Å². The van der Waals surface area contributed by atoms with Gasteiger partial charge in [0.2, 0.25) is 5.91 Å². The third kappa shape index (κ3) is 4.48. The lowest BCUT2D eigenvalue weighted by atomic mass is 10.0. The summed E-state index contributed by atoms with van der Waals surface area (Å²) in [6.07, 6.45) is 5.23. The standard InChI is InChI=1S/C14H23N3O2/c15-6-7-16-8-10-17(11-9-16)14(18)5-4-13-3-1-2-12-19-13/h13H,1-5,7-12H2. The zero-order valence-electron chi connectivity index (χ0n) is 11.5. The lowest BCUT2D eigenvalue weighted by molar-refractivity contribution is -0.133. The molecule has 19 heavy (non-hydrogen) atoms. The van der Waals surface area contributed by atoms with Crippen LogP contribution in [0.25, 0.3) is 0 Å². The van der Waals surface area contributed by atoms with Crippen LogP contribution in [0.4, 0.5) is 0 Å². The number of nitrogens with zero attached hydrogens (tertiary/aromatic N) is 3. The molecule has 1 atom stereocenters. The molecule has 0 aromatic heterocycles. The molecule has 106 valence electrons. The number of carbonyl (C=O) groups excluding carboxylic acids is 1. The van der Waals surface area contributed by atoms with Crippen molar-refractivity contribution < 1.29 is 9.53 Å². The van der Waals surface area contributed by atoms with E-state index in [9.17, 15) is 4.79 Å². The summed E-state index contributed by atoms with van der Waals surface area (Å²) in [5.41, 5.74) is 0. The maximum Gasteiger partial charge on any atom is 0.222 e. The minimum absolute atomic E-state index is 0.241. The van der Waals surface area contributed by atoms with Crippen LogP contribution in [0.1, 0.15) is 32.1 Å². The fraction of sp³-hybridized carbons (Fsp3) is 0.857. The van der Waals surface area contributed by atoms with Crippen molar-refractivity contribution in [3.05, 3.63) is 0 Å². The zero-order chi connectivity index (χ0) is 13.5. The first-order valence-electron chi connectivity index (χ1n) is 7.28. The summed E-state index contributed by atoms with van der Waals surface area (Å²) in [6.45, 7) is 4.47. The Morgan fingerprint density at radius 3 is 2.68 bits per heavy atom. The van der Waals surface area contributed by atoms with E-state index in [1.54, 1.807) is 0 Å². The summed E-state index contributed by atoms with van der Waals surface area (Å²) in [4.78, 5) is 16.1. The lowest BCUT2D eigenvalue weighted by Gasteiger charge is -2.33. The van der Waals surface area contributed by atoms with Crippen LogP contribution < -0.4 is 0 Å². The highest BCUT2D eigenvalue weighted by Crippen LogP contribution is 2.17. The van der Waals surface area contributed by atoms with E-state index in [1.165, 1.54) is 6.42 Å². The van der Waals surface area contributed by atoms with Crippen LogP contribution >= 0.6 is 0 Å². The Labute approximate surface area is 115 Å². The Kier molecular flexibility index (Phi) is 5.62. The Morgan fingerprint density at radius 2 is 2.05 bits per heavy atom. The molecular weight excluding hydrogens is 242 g/mol. The molecule has 0 N–H and O–H groups in total. The number of piperazine rings is 1. The van der Waals surface area contributed by atoms with Crippen LogP contribution in [0.3, 0.4) is 0 Å². The number of hydrogen-bond donors (Lipinski definition) is 0. The Balaban J connectivity index is 1.65. The fourth-order valence-corrected chi connectivity index (χ4v) is 2.73. The summed E-state index contributed by atoms with van der Waals surface area (Å²) in [7, 11) is 0. The molecule has 0 aromatic rings. The lowest BCUT2D eigenvalue weighted by Crippen LogP contribution is -2.48. The monoisotopic (exact) mass is 265 g/mol. The summed E-state index contributed by atoms with van der Waals surface area (Å²) >= 11 is 0. The molecule has 2 aliphatic heterocycles. The smallest absolute Gasteiger partial charge is 0.222 e. The van der Waals surface area contributed by atoms with Crippen LogP contribution in [-0.2, 0) is 9.53 Å². The first-order chi connectivity index (χ1) is 9.29. The van der Waals surface area contributed by atoms with Crippen molar-refractivity contribution in [2.45, 2.75) is 38.2 Å². The van der Waals surface area contributed by atoms with Crippen LogP contribution in [0.2, 0.25) is 0 Å². The van der Waals surface area contributed by atoms with E-state index in [2.05, 4.69) is 11.0 Å². The Morgan fingerprint density at radius 1 is 1.26 bits per heavy atom. The number of nitriles is 1. The van der Waals surface area contributed by atoms with Gasteiger partial charge in [-0.15, -0.1) is 0 Å². The number of hydrogen-bond acceptors (Lipinski definition) is 4. The summed E-state index contributed by atoms with van der Waals surface area (Å²) < 4.78 is 5.65. The maximum atomic E-state index is 12.1. The predicted octanol–water partition coefficient (Wildman–Crippen LogP) is 1.00. The highest BCUT2D eigenvalue weighted by Gasteiger charge is 2.22. The van der Waals surface area contributed by atoms with Crippen molar-refractivity contribution in [3.63, 3.8) is 0 Å². The topological polar surface area (TPSA) is 56.6 Å². The van der Waals surface area contributed by atoms with Crippen molar-refractivity contribution in [2.24, 2.45) is 0 Å². The van der Waals surface area contributed by atoms with Crippen molar-refractivity contribution in [3.8, 4) is 6.07 Å². The molecular formula is C14H23N3O2. The molecule has 0 aromatic carbocycles. The molecule has 0 spiro atoms. The van der Waals surface area contributed by atoms with E-state index in [1.807, 2.05) is 4.90 Å². The first kappa shape index (κ1) is 14.3. The molecule has 2 aliphatic rings. The third-order valence-corrected chi connectivity index (χ3v) is 3.97. The molecule has 1 amide bonds. The zero-order valence-corrected chi connectivity index (χ0v) is 11.5. The van der Waals surface area contributed by atoms with E-state index < -0.39 is 0 Å². The van der Waals surface area contributed by atoms with Gasteiger partial charge in [0.1, 0.15) is 0 Å². The van der Waals surface area contributed by atoms with Crippen LogP contribution in [-0.4, -0.2) is 61.1 Å². The van der Waals surface area contributed by atoms with Gasteiger partial charge in [-0.1, -0.05) is 0 Å². The minimum Gasteiger partial charge on any atom is -0.378 e. The van der Waals surface area contributed by atoms with Crippen molar-refractivity contribution in [2.75, 3.05) is 39.3 Å². The van der Waals surface area contributed by atoms with Crippen molar-refractivity contribution in [1.29, 1.82) is 5.26 Å². The van der Waals surface area contributed by atoms with E-state index >= 15 is 0 Å². The second-order valence-electron chi connectivity index (χ2n) is 5.34. The van der Waals surface area contributed by atoms with Gasteiger partial charge in [0, 0.05) is 39.2 Å². The molecule has 5 nitrogen and oxygen atoms in total. The molecule has 2 rings (SSSR count). The predicted molar refractivity (Wildman–Crippen MR) is 71.5 cm³/mol. The second kappa shape index (κ2) is 7.46. The van der Waals surface area contributed by atoms with Gasteiger partial charge in [-0.25, -0.2) is 0 Å². The minimum atomic E-state index is 0.241. The maximum absolute atomic E-state index is 12.1. The first-order valence-corrected chi connectivity index (χ1v) is 7.28.